The molecule has 0 saturated carbocycles. The summed E-state index contributed by atoms with van der Waals surface area (Å²) in [7, 11) is 0. The summed E-state index contributed by atoms with van der Waals surface area (Å²) in [6.07, 6.45) is 0.926. The Kier molecular flexibility index (Phi) is 4.25. The number of carbonyl (C=O) groups is 1. The van der Waals surface area contributed by atoms with Gasteiger partial charge in [0.15, 0.2) is 0 Å². The van der Waals surface area contributed by atoms with E-state index >= 15 is 0 Å². The fourth-order valence-corrected chi connectivity index (χ4v) is 3.09. The third kappa shape index (κ3) is 2.90. The zero-order valence-electron chi connectivity index (χ0n) is 12.9. The number of hydrogen-bond acceptors (Lipinski definition) is 2. The van der Waals surface area contributed by atoms with Crippen LogP contribution in [0.4, 0.5) is 0 Å². The first-order valence-corrected chi connectivity index (χ1v) is 7.83. The van der Waals surface area contributed by atoms with Crippen molar-refractivity contribution < 1.29 is 4.79 Å². The van der Waals surface area contributed by atoms with Crippen molar-refractivity contribution in [1.82, 2.24) is 4.90 Å². The molecule has 3 nitrogen and oxygen atoms in total. The van der Waals surface area contributed by atoms with Crippen molar-refractivity contribution in [3.63, 3.8) is 0 Å². The van der Waals surface area contributed by atoms with E-state index in [1.54, 1.807) is 0 Å². The number of hydrogen-bond donors (Lipinski definition) is 1. The smallest absolute Gasteiger partial charge is 0.227 e. The zero-order valence-corrected chi connectivity index (χ0v) is 12.9. The number of benzene rings is 2. The molecule has 2 unspecified atom stereocenters. The van der Waals surface area contributed by atoms with Crippen LogP contribution in [0.3, 0.4) is 0 Å². The van der Waals surface area contributed by atoms with Crippen molar-refractivity contribution in [2.45, 2.75) is 25.9 Å². The predicted octanol–water partition coefficient (Wildman–Crippen LogP) is 2.91. The summed E-state index contributed by atoms with van der Waals surface area (Å²) >= 11 is 0. The molecule has 0 radical (unpaired) electrons. The molecule has 1 heterocycles. The standard InChI is InChI=1S/C19H22N2O/c1-14(18(20)16-8-3-2-4-9-16)19(22)21-12-11-15-7-5-6-10-17(15)13-21/h2-10,14,18H,11-13,20H2,1H3. The normalized spacial score (nSPS) is 16.7. The van der Waals surface area contributed by atoms with E-state index in [1.807, 2.05) is 48.2 Å². The largest absolute Gasteiger partial charge is 0.338 e. The van der Waals surface area contributed by atoms with Gasteiger partial charge in [-0.05, 0) is 23.1 Å². The lowest BCUT2D eigenvalue weighted by Gasteiger charge is -2.32. The third-order valence-corrected chi connectivity index (χ3v) is 4.55. The van der Waals surface area contributed by atoms with Gasteiger partial charge in [0.1, 0.15) is 0 Å². The summed E-state index contributed by atoms with van der Waals surface area (Å²) in [5, 5.41) is 0. The topological polar surface area (TPSA) is 46.3 Å². The fraction of sp³-hybridized carbons (Fsp3) is 0.316. The summed E-state index contributed by atoms with van der Waals surface area (Å²) in [5.41, 5.74) is 9.91. The number of nitrogens with zero attached hydrogens (tertiary/aromatic N) is 1. The molecule has 1 aliphatic heterocycles. The van der Waals surface area contributed by atoms with E-state index in [0.717, 1.165) is 18.5 Å². The first-order chi connectivity index (χ1) is 10.7. The molecule has 0 fully saturated rings. The maximum atomic E-state index is 12.8. The summed E-state index contributed by atoms with van der Waals surface area (Å²) in [6.45, 7) is 3.41. The number of fused-ring (bicyclic) bond motifs is 1. The van der Waals surface area contributed by atoms with E-state index < -0.39 is 0 Å². The van der Waals surface area contributed by atoms with Gasteiger partial charge >= 0.3 is 0 Å². The van der Waals surface area contributed by atoms with Gasteiger partial charge in [-0.1, -0.05) is 61.5 Å². The summed E-state index contributed by atoms with van der Waals surface area (Å²) in [4.78, 5) is 14.7. The summed E-state index contributed by atoms with van der Waals surface area (Å²) in [6, 6.07) is 18.0. The Balaban J connectivity index is 1.72. The van der Waals surface area contributed by atoms with Crippen LogP contribution in [-0.2, 0) is 17.8 Å². The predicted molar refractivity (Wildman–Crippen MR) is 88.1 cm³/mol. The van der Waals surface area contributed by atoms with Gasteiger partial charge in [-0.3, -0.25) is 4.79 Å². The Morgan fingerprint density at radius 3 is 2.41 bits per heavy atom. The fourth-order valence-electron chi connectivity index (χ4n) is 3.09. The van der Waals surface area contributed by atoms with Crippen LogP contribution in [0.1, 0.15) is 29.7 Å². The molecule has 0 aliphatic carbocycles. The average Bonchev–Trinajstić information content (AvgIpc) is 2.60. The molecule has 2 aromatic carbocycles. The number of carbonyl (C=O) groups excluding carboxylic acids is 1. The molecule has 2 N–H and O–H groups in total. The van der Waals surface area contributed by atoms with Gasteiger partial charge in [0.2, 0.25) is 5.91 Å². The van der Waals surface area contributed by atoms with Crippen molar-refractivity contribution in [3.05, 3.63) is 71.3 Å². The van der Waals surface area contributed by atoms with Crippen molar-refractivity contribution in [2.24, 2.45) is 11.7 Å². The monoisotopic (exact) mass is 294 g/mol. The minimum atomic E-state index is -0.258. The number of amides is 1. The zero-order chi connectivity index (χ0) is 15.5. The van der Waals surface area contributed by atoms with Gasteiger partial charge in [-0.2, -0.15) is 0 Å². The molecule has 0 saturated heterocycles. The second-order valence-corrected chi connectivity index (χ2v) is 6.00. The van der Waals surface area contributed by atoms with E-state index in [0.29, 0.717) is 6.54 Å². The molecule has 1 amide bonds. The molecular formula is C19H22N2O. The average molecular weight is 294 g/mol. The van der Waals surface area contributed by atoms with Gasteiger partial charge in [0.05, 0.1) is 5.92 Å². The van der Waals surface area contributed by atoms with Gasteiger partial charge in [-0.15, -0.1) is 0 Å². The highest BCUT2D eigenvalue weighted by molar-refractivity contribution is 5.79. The molecule has 2 atom stereocenters. The minimum absolute atomic E-state index is 0.144. The van der Waals surface area contributed by atoms with Gasteiger partial charge in [-0.25, -0.2) is 0 Å². The van der Waals surface area contributed by atoms with Crippen LogP contribution in [0.5, 0.6) is 0 Å². The van der Waals surface area contributed by atoms with Crippen LogP contribution < -0.4 is 5.73 Å². The second kappa shape index (κ2) is 6.32. The van der Waals surface area contributed by atoms with Crippen LogP contribution >= 0.6 is 0 Å². The first-order valence-electron chi connectivity index (χ1n) is 7.83. The lowest BCUT2D eigenvalue weighted by Crippen LogP contribution is -2.42. The van der Waals surface area contributed by atoms with Gasteiger partial charge in [0, 0.05) is 19.1 Å². The maximum absolute atomic E-state index is 12.8. The highest BCUT2D eigenvalue weighted by atomic mass is 16.2. The van der Waals surface area contributed by atoms with Crippen LogP contribution in [0.2, 0.25) is 0 Å². The summed E-state index contributed by atoms with van der Waals surface area (Å²) < 4.78 is 0. The second-order valence-electron chi connectivity index (χ2n) is 6.00. The first kappa shape index (κ1) is 14.8. The maximum Gasteiger partial charge on any atom is 0.227 e. The molecule has 0 spiro atoms. The van der Waals surface area contributed by atoms with Crippen LogP contribution in [0.15, 0.2) is 54.6 Å². The van der Waals surface area contributed by atoms with Gasteiger partial charge < -0.3 is 10.6 Å². The van der Waals surface area contributed by atoms with Crippen LogP contribution in [0, 0.1) is 5.92 Å². The number of rotatable bonds is 3. The molecular weight excluding hydrogens is 272 g/mol. The molecule has 22 heavy (non-hydrogen) atoms. The van der Waals surface area contributed by atoms with Crippen LogP contribution in [0.25, 0.3) is 0 Å². The lowest BCUT2D eigenvalue weighted by atomic mass is 9.92. The third-order valence-electron chi connectivity index (χ3n) is 4.55. The molecule has 1 aliphatic rings. The summed E-state index contributed by atoms with van der Waals surface area (Å²) in [5.74, 6) is -0.0708. The Morgan fingerprint density at radius 1 is 1.05 bits per heavy atom. The van der Waals surface area contributed by atoms with E-state index in [9.17, 15) is 4.79 Å². The highest BCUT2D eigenvalue weighted by Crippen LogP contribution is 2.25. The van der Waals surface area contributed by atoms with Gasteiger partial charge in [0.25, 0.3) is 0 Å². The van der Waals surface area contributed by atoms with E-state index in [4.69, 9.17) is 5.73 Å². The molecule has 3 heteroatoms. The van der Waals surface area contributed by atoms with E-state index in [2.05, 4.69) is 18.2 Å². The SMILES string of the molecule is CC(C(=O)N1CCc2ccccc2C1)C(N)c1ccccc1. The lowest BCUT2D eigenvalue weighted by molar-refractivity contribution is -0.136. The minimum Gasteiger partial charge on any atom is -0.338 e. The van der Waals surface area contributed by atoms with E-state index in [1.165, 1.54) is 11.1 Å². The molecule has 0 bridgehead atoms. The molecule has 0 aromatic heterocycles. The van der Waals surface area contributed by atoms with Crippen molar-refractivity contribution in [1.29, 1.82) is 0 Å². The van der Waals surface area contributed by atoms with Crippen molar-refractivity contribution in [2.75, 3.05) is 6.54 Å². The molecule has 114 valence electrons. The van der Waals surface area contributed by atoms with Crippen molar-refractivity contribution in [3.8, 4) is 0 Å². The Hall–Kier alpha value is -2.13. The number of nitrogens with two attached hydrogens (primary N) is 1. The van der Waals surface area contributed by atoms with Crippen molar-refractivity contribution >= 4 is 5.91 Å². The Morgan fingerprint density at radius 2 is 1.68 bits per heavy atom. The Bertz CT molecular complexity index is 649. The molecule has 3 rings (SSSR count). The molecule has 2 aromatic rings. The highest BCUT2D eigenvalue weighted by Gasteiger charge is 2.28. The van der Waals surface area contributed by atoms with E-state index in [-0.39, 0.29) is 17.9 Å². The quantitative estimate of drug-likeness (QED) is 0.946. The Labute approximate surface area is 131 Å². The van der Waals surface area contributed by atoms with Crippen LogP contribution in [-0.4, -0.2) is 17.4 Å².